The van der Waals surface area contributed by atoms with Gasteiger partial charge in [0.15, 0.2) is 0 Å². The lowest BCUT2D eigenvalue weighted by Gasteiger charge is -2.22. The molecule has 1 unspecified atom stereocenters. The highest BCUT2D eigenvalue weighted by Gasteiger charge is 2.18. The van der Waals surface area contributed by atoms with Crippen molar-refractivity contribution in [3.63, 3.8) is 0 Å². The number of carbonyl (C=O) groups is 1. The molecule has 0 saturated heterocycles. The molecule has 0 aromatic carbocycles. The molecule has 0 fully saturated rings. The third kappa shape index (κ3) is 8.33. The van der Waals surface area contributed by atoms with Crippen molar-refractivity contribution in [2.24, 2.45) is 0 Å². The Balaban J connectivity index is 4.24. The molecule has 0 aromatic heterocycles. The van der Waals surface area contributed by atoms with Crippen molar-refractivity contribution in [2.75, 3.05) is 14.2 Å². The molecule has 98 valence electrons. The summed E-state index contributed by atoms with van der Waals surface area (Å²) in [6.07, 6.45) is 4.41. The molecular weight excluding hydrogens is 222 g/mol. The van der Waals surface area contributed by atoms with Crippen molar-refractivity contribution >= 4 is 6.09 Å². The van der Waals surface area contributed by atoms with Crippen molar-refractivity contribution in [3.05, 3.63) is 24.6 Å². The van der Waals surface area contributed by atoms with Gasteiger partial charge in [-0.15, -0.1) is 0 Å². The monoisotopic (exact) mass is 243 g/mol. The summed E-state index contributed by atoms with van der Waals surface area (Å²) in [6, 6.07) is 0. The standard InChI is InChI=1S/C12H21NO4/c1-12(2,3)17-11(15)13(4)8-6-10(14)7-9-16-5/h6-10,14H,1-5H3/b8-6+,9-7+. The van der Waals surface area contributed by atoms with E-state index in [4.69, 9.17) is 4.74 Å². The van der Waals surface area contributed by atoms with E-state index in [0.29, 0.717) is 0 Å². The van der Waals surface area contributed by atoms with E-state index in [1.54, 1.807) is 27.8 Å². The smallest absolute Gasteiger partial charge is 0.414 e. The number of aliphatic hydroxyl groups excluding tert-OH is 1. The van der Waals surface area contributed by atoms with E-state index < -0.39 is 17.8 Å². The Kier molecular flexibility index (Phi) is 6.35. The SMILES string of the molecule is CO/C=C/C(O)/C=C/N(C)C(=O)OC(C)(C)C. The van der Waals surface area contributed by atoms with Gasteiger partial charge in [-0.2, -0.15) is 0 Å². The molecular formula is C12H21NO4. The highest BCUT2D eigenvalue weighted by molar-refractivity contribution is 5.68. The summed E-state index contributed by atoms with van der Waals surface area (Å²) in [6.45, 7) is 5.37. The van der Waals surface area contributed by atoms with Gasteiger partial charge in [0.2, 0.25) is 0 Å². The molecule has 0 aliphatic rings. The van der Waals surface area contributed by atoms with Crippen LogP contribution in [0, 0.1) is 0 Å². The molecule has 17 heavy (non-hydrogen) atoms. The first-order valence-electron chi connectivity index (χ1n) is 5.28. The summed E-state index contributed by atoms with van der Waals surface area (Å²) in [7, 11) is 3.04. The van der Waals surface area contributed by atoms with E-state index in [1.807, 2.05) is 0 Å². The fourth-order valence-corrected chi connectivity index (χ4v) is 0.835. The van der Waals surface area contributed by atoms with Crippen LogP contribution in [0.4, 0.5) is 4.79 Å². The number of amides is 1. The molecule has 1 amide bonds. The van der Waals surface area contributed by atoms with Crippen LogP contribution < -0.4 is 0 Å². The van der Waals surface area contributed by atoms with Gasteiger partial charge >= 0.3 is 6.09 Å². The molecule has 0 radical (unpaired) electrons. The number of ether oxygens (including phenoxy) is 2. The summed E-state index contributed by atoms with van der Waals surface area (Å²) in [4.78, 5) is 12.8. The minimum Gasteiger partial charge on any atom is -0.505 e. The molecule has 0 bridgehead atoms. The first-order chi connectivity index (χ1) is 7.76. The summed E-state index contributed by atoms with van der Waals surface area (Å²) >= 11 is 0. The summed E-state index contributed by atoms with van der Waals surface area (Å²) < 4.78 is 9.78. The number of nitrogens with zero attached hydrogens (tertiary/aromatic N) is 1. The summed E-state index contributed by atoms with van der Waals surface area (Å²) in [5.41, 5.74) is -0.534. The van der Waals surface area contributed by atoms with Gasteiger partial charge in [-0.05, 0) is 32.9 Å². The second-order valence-electron chi connectivity index (χ2n) is 4.49. The Morgan fingerprint density at radius 2 is 1.94 bits per heavy atom. The normalized spacial score (nSPS) is 14.0. The van der Waals surface area contributed by atoms with Crippen LogP contribution in [-0.4, -0.2) is 42.0 Å². The zero-order valence-electron chi connectivity index (χ0n) is 11.0. The molecule has 0 heterocycles. The fourth-order valence-electron chi connectivity index (χ4n) is 0.835. The predicted molar refractivity (Wildman–Crippen MR) is 65.3 cm³/mol. The lowest BCUT2D eigenvalue weighted by Crippen LogP contribution is -2.31. The first-order valence-corrected chi connectivity index (χ1v) is 5.28. The van der Waals surface area contributed by atoms with Crippen molar-refractivity contribution in [3.8, 4) is 0 Å². The number of methoxy groups -OCH3 is 1. The van der Waals surface area contributed by atoms with Gasteiger partial charge in [0.25, 0.3) is 0 Å². The molecule has 0 aliphatic heterocycles. The summed E-state index contributed by atoms with van der Waals surface area (Å²) in [5, 5.41) is 9.41. The number of rotatable bonds is 4. The van der Waals surface area contributed by atoms with Crippen LogP contribution >= 0.6 is 0 Å². The third-order valence-electron chi connectivity index (χ3n) is 1.60. The van der Waals surface area contributed by atoms with Crippen LogP contribution in [0.25, 0.3) is 0 Å². The van der Waals surface area contributed by atoms with Gasteiger partial charge in [0, 0.05) is 13.2 Å². The van der Waals surface area contributed by atoms with Gasteiger partial charge in [0.05, 0.1) is 19.5 Å². The van der Waals surface area contributed by atoms with Gasteiger partial charge in [-0.25, -0.2) is 4.79 Å². The van der Waals surface area contributed by atoms with E-state index in [2.05, 4.69) is 4.74 Å². The number of aliphatic hydroxyl groups is 1. The van der Waals surface area contributed by atoms with Gasteiger partial charge in [-0.3, -0.25) is 4.90 Å². The molecule has 0 aromatic rings. The highest BCUT2D eigenvalue weighted by Crippen LogP contribution is 2.09. The molecule has 5 heteroatoms. The van der Waals surface area contributed by atoms with E-state index in [1.165, 1.54) is 36.6 Å². The molecule has 0 saturated carbocycles. The molecule has 0 rings (SSSR count). The first kappa shape index (κ1) is 15.5. The minimum atomic E-state index is -0.806. The molecule has 0 spiro atoms. The number of carbonyl (C=O) groups excluding carboxylic acids is 1. The maximum absolute atomic E-state index is 11.5. The van der Waals surface area contributed by atoms with Gasteiger partial charge in [0.1, 0.15) is 5.60 Å². The zero-order valence-corrected chi connectivity index (χ0v) is 11.0. The molecule has 1 atom stereocenters. The van der Waals surface area contributed by atoms with Crippen molar-refractivity contribution < 1.29 is 19.4 Å². The van der Waals surface area contributed by atoms with E-state index in [0.717, 1.165) is 0 Å². The number of hydrogen-bond donors (Lipinski definition) is 1. The molecule has 0 aliphatic carbocycles. The largest absolute Gasteiger partial charge is 0.505 e. The zero-order chi connectivity index (χ0) is 13.5. The van der Waals surface area contributed by atoms with Crippen LogP contribution in [0.2, 0.25) is 0 Å². The topological polar surface area (TPSA) is 59.0 Å². The minimum absolute atomic E-state index is 0.475. The summed E-state index contributed by atoms with van der Waals surface area (Å²) in [5.74, 6) is 0. The quantitative estimate of drug-likeness (QED) is 0.766. The van der Waals surface area contributed by atoms with Crippen LogP contribution in [0.15, 0.2) is 24.6 Å². The third-order valence-corrected chi connectivity index (χ3v) is 1.60. The maximum Gasteiger partial charge on any atom is 0.414 e. The number of hydrogen-bond acceptors (Lipinski definition) is 4. The van der Waals surface area contributed by atoms with Gasteiger partial charge in [-0.1, -0.05) is 0 Å². The molecule has 5 nitrogen and oxygen atoms in total. The van der Waals surface area contributed by atoms with Crippen molar-refractivity contribution in [1.82, 2.24) is 4.90 Å². The fraction of sp³-hybridized carbons (Fsp3) is 0.583. The Bertz CT molecular complexity index is 291. The Morgan fingerprint density at radius 3 is 2.41 bits per heavy atom. The second kappa shape index (κ2) is 6.96. The van der Waals surface area contributed by atoms with Crippen LogP contribution in [0.3, 0.4) is 0 Å². The Labute approximate surface area is 102 Å². The Hall–Kier alpha value is -1.49. The molecule has 1 N–H and O–H groups in total. The lowest BCUT2D eigenvalue weighted by atomic mass is 10.2. The second-order valence-corrected chi connectivity index (χ2v) is 4.49. The van der Waals surface area contributed by atoms with Crippen LogP contribution in [0.1, 0.15) is 20.8 Å². The Morgan fingerprint density at radius 1 is 1.35 bits per heavy atom. The van der Waals surface area contributed by atoms with Crippen molar-refractivity contribution in [2.45, 2.75) is 32.5 Å². The van der Waals surface area contributed by atoms with Crippen LogP contribution in [0.5, 0.6) is 0 Å². The maximum atomic E-state index is 11.5. The van der Waals surface area contributed by atoms with E-state index >= 15 is 0 Å². The van der Waals surface area contributed by atoms with Crippen molar-refractivity contribution in [1.29, 1.82) is 0 Å². The van der Waals surface area contributed by atoms with Crippen LogP contribution in [-0.2, 0) is 9.47 Å². The average molecular weight is 243 g/mol. The predicted octanol–water partition coefficient (Wildman–Crippen LogP) is 1.89. The lowest BCUT2D eigenvalue weighted by molar-refractivity contribution is 0.0371. The average Bonchev–Trinajstić information content (AvgIpc) is 2.20. The van der Waals surface area contributed by atoms with E-state index in [-0.39, 0.29) is 0 Å². The highest BCUT2D eigenvalue weighted by atomic mass is 16.6. The van der Waals surface area contributed by atoms with E-state index in [9.17, 15) is 9.90 Å². The van der Waals surface area contributed by atoms with Gasteiger partial charge < -0.3 is 14.6 Å².